The first-order valence-electron chi connectivity index (χ1n) is 8.29. The number of hydrogen-bond acceptors (Lipinski definition) is 2. The van der Waals surface area contributed by atoms with Gasteiger partial charge in [-0.25, -0.2) is 13.6 Å². The highest BCUT2D eigenvalue weighted by Crippen LogP contribution is 2.33. The van der Waals surface area contributed by atoms with Crippen LogP contribution in [0.25, 0.3) is 10.9 Å². The molecular weight excluding hydrogens is 394 g/mol. The summed E-state index contributed by atoms with van der Waals surface area (Å²) in [5.41, 5.74) is 0.0152. The van der Waals surface area contributed by atoms with Crippen LogP contribution in [0.1, 0.15) is 39.7 Å². The maximum absolute atomic E-state index is 14.2. The number of hydrogen-bond donors (Lipinski definition) is 0. The largest absolute Gasteiger partial charge is 0.444 e. The molecule has 2 heterocycles. The Labute approximate surface area is 153 Å². The van der Waals surface area contributed by atoms with E-state index in [1.807, 2.05) is 25.3 Å². The summed E-state index contributed by atoms with van der Waals surface area (Å²) in [4.78, 5) is 13.8. The van der Waals surface area contributed by atoms with Crippen molar-refractivity contribution in [3.8, 4) is 0 Å². The lowest BCUT2D eigenvalue weighted by Gasteiger charge is -2.34. The predicted octanol–water partition coefficient (Wildman–Crippen LogP) is 5.25. The fourth-order valence-corrected chi connectivity index (χ4v) is 3.50. The van der Waals surface area contributed by atoms with Gasteiger partial charge < -0.3 is 14.2 Å². The van der Waals surface area contributed by atoms with E-state index in [0.717, 1.165) is 0 Å². The third-order valence-electron chi connectivity index (χ3n) is 4.37. The molecule has 0 unspecified atom stereocenters. The average molecular weight is 415 g/mol. The number of piperidine rings is 1. The highest BCUT2D eigenvalue weighted by molar-refractivity contribution is 9.10. The van der Waals surface area contributed by atoms with Gasteiger partial charge in [-0.15, -0.1) is 0 Å². The third-order valence-corrected chi connectivity index (χ3v) is 5.09. The highest BCUT2D eigenvalue weighted by atomic mass is 79.9. The summed E-state index contributed by atoms with van der Waals surface area (Å²) in [7, 11) is 0. The van der Waals surface area contributed by atoms with Crippen LogP contribution in [-0.4, -0.2) is 34.3 Å². The van der Waals surface area contributed by atoms with Crippen LogP contribution in [0.2, 0.25) is 0 Å². The van der Waals surface area contributed by atoms with Gasteiger partial charge in [0.2, 0.25) is 0 Å². The average Bonchev–Trinajstić information content (AvgIpc) is 2.95. The van der Waals surface area contributed by atoms with E-state index in [9.17, 15) is 13.6 Å². The summed E-state index contributed by atoms with van der Waals surface area (Å²) in [6.45, 7) is 6.63. The number of likely N-dealkylation sites (tertiary alicyclic amines) is 1. The SMILES string of the molecule is CC(C)(C)OC(=O)N1CCC(n2ccc3c(F)c(Br)c(F)cc32)CC1. The number of carbonyl (C=O) groups is 1. The molecule has 136 valence electrons. The maximum Gasteiger partial charge on any atom is 0.410 e. The number of benzene rings is 1. The van der Waals surface area contributed by atoms with Crippen LogP contribution in [-0.2, 0) is 4.74 Å². The molecule has 0 spiro atoms. The molecule has 25 heavy (non-hydrogen) atoms. The monoisotopic (exact) mass is 414 g/mol. The Morgan fingerprint density at radius 2 is 1.92 bits per heavy atom. The van der Waals surface area contributed by atoms with E-state index < -0.39 is 17.2 Å². The van der Waals surface area contributed by atoms with Crippen molar-refractivity contribution in [3.05, 3.63) is 34.4 Å². The molecular formula is C18H21BrF2N2O2. The van der Waals surface area contributed by atoms with Crippen LogP contribution in [0.15, 0.2) is 22.8 Å². The fraction of sp³-hybridized carbons (Fsp3) is 0.500. The molecule has 1 amide bonds. The molecule has 3 rings (SSSR count). The normalized spacial score (nSPS) is 16.5. The van der Waals surface area contributed by atoms with Crippen LogP contribution >= 0.6 is 15.9 Å². The van der Waals surface area contributed by atoms with Crippen molar-refractivity contribution in [1.82, 2.24) is 9.47 Å². The molecule has 1 aliphatic heterocycles. The first kappa shape index (κ1) is 18.2. The van der Waals surface area contributed by atoms with E-state index in [1.54, 1.807) is 17.2 Å². The molecule has 1 saturated heterocycles. The van der Waals surface area contributed by atoms with E-state index in [1.165, 1.54) is 6.07 Å². The van der Waals surface area contributed by atoms with Crippen LogP contribution in [0.4, 0.5) is 13.6 Å². The molecule has 0 bridgehead atoms. The Kier molecular flexibility index (Phi) is 4.79. The van der Waals surface area contributed by atoms with E-state index >= 15 is 0 Å². The second-order valence-electron chi connectivity index (χ2n) is 7.34. The number of aromatic nitrogens is 1. The van der Waals surface area contributed by atoms with Gasteiger partial charge in [-0.3, -0.25) is 0 Å². The first-order valence-corrected chi connectivity index (χ1v) is 9.08. The summed E-state index contributed by atoms with van der Waals surface area (Å²) in [5, 5.41) is 0.392. The topological polar surface area (TPSA) is 34.5 Å². The zero-order chi connectivity index (χ0) is 18.4. The van der Waals surface area contributed by atoms with E-state index in [4.69, 9.17) is 4.74 Å². The minimum absolute atomic E-state index is 0.0937. The number of fused-ring (bicyclic) bond motifs is 1. The van der Waals surface area contributed by atoms with Gasteiger partial charge in [-0.2, -0.15) is 0 Å². The van der Waals surface area contributed by atoms with Crippen molar-refractivity contribution in [2.45, 2.75) is 45.3 Å². The van der Waals surface area contributed by atoms with Crippen molar-refractivity contribution in [3.63, 3.8) is 0 Å². The molecule has 0 aliphatic carbocycles. The first-order chi connectivity index (χ1) is 11.7. The molecule has 2 aromatic rings. The molecule has 4 nitrogen and oxygen atoms in total. The van der Waals surface area contributed by atoms with Crippen molar-refractivity contribution >= 4 is 32.9 Å². The number of ether oxygens (including phenoxy) is 1. The molecule has 1 fully saturated rings. The molecule has 1 aromatic heterocycles. The van der Waals surface area contributed by atoms with Crippen LogP contribution in [0.3, 0.4) is 0 Å². The molecule has 0 radical (unpaired) electrons. The van der Waals surface area contributed by atoms with E-state index in [2.05, 4.69) is 15.9 Å². The van der Waals surface area contributed by atoms with Gasteiger partial charge in [0.05, 0.1) is 9.99 Å². The van der Waals surface area contributed by atoms with Gasteiger partial charge in [-0.1, -0.05) is 0 Å². The molecule has 0 saturated carbocycles. The third kappa shape index (κ3) is 3.66. The Bertz CT molecular complexity index is 805. The smallest absolute Gasteiger partial charge is 0.410 e. The fourth-order valence-electron chi connectivity index (χ4n) is 3.18. The summed E-state index contributed by atoms with van der Waals surface area (Å²) < 4.78 is 35.2. The predicted molar refractivity (Wildman–Crippen MR) is 95.6 cm³/mol. The summed E-state index contributed by atoms with van der Waals surface area (Å²) in [6, 6.07) is 3.11. The second-order valence-corrected chi connectivity index (χ2v) is 8.13. The van der Waals surface area contributed by atoms with Crippen molar-refractivity contribution in [2.24, 2.45) is 0 Å². The molecule has 7 heteroatoms. The number of carbonyl (C=O) groups excluding carboxylic acids is 1. The summed E-state index contributed by atoms with van der Waals surface area (Å²) in [6.07, 6.45) is 2.89. The Balaban J connectivity index is 1.76. The second kappa shape index (κ2) is 6.59. The quantitative estimate of drug-likeness (QED) is 0.596. The van der Waals surface area contributed by atoms with Gasteiger partial charge in [0.1, 0.15) is 17.2 Å². The number of rotatable bonds is 1. The summed E-state index contributed by atoms with van der Waals surface area (Å²) >= 11 is 2.94. The van der Waals surface area contributed by atoms with E-state index in [-0.39, 0.29) is 16.6 Å². The Hall–Kier alpha value is -1.63. The van der Waals surface area contributed by atoms with Crippen molar-refractivity contribution in [1.29, 1.82) is 0 Å². The van der Waals surface area contributed by atoms with Gasteiger partial charge in [-0.05, 0) is 61.7 Å². The molecule has 0 atom stereocenters. The van der Waals surface area contributed by atoms with E-state index in [0.29, 0.717) is 36.8 Å². The van der Waals surface area contributed by atoms with Gasteiger partial charge in [0.15, 0.2) is 0 Å². The summed E-state index contributed by atoms with van der Waals surface area (Å²) in [5.74, 6) is -1.20. The van der Waals surface area contributed by atoms with Gasteiger partial charge in [0, 0.05) is 30.7 Å². The highest BCUT2D eigenvalue weighted by Gasteiger charge is 2.28. The van der Waals surface area contributed by atoms with Crippen molar-refractivity contribution in [2.75, 3.05) is 13.1 Å². The Morgan fingerprint density at radius 1 is 1.28 bits per heavy atom. The molecule has 1 aliphatic rings. The number of nitrogens with zero attached hydrogens (tertiary/aromatic N) is 2. The number of amides is 1. The zero-order valence-electron chi connectivity index (χ0n) is 14.5. The van der Waals surface area contributed by atoms with Crippen LogP contribution < -0.4 is 0 Å². The van der Waals surface area contributed by atoms with Crippen LogP contribution in [0, 0.1) is 11.6 Å². The Morgan fingerprint density at radius 3 is 2.52 bits per heavy atom. The van der Waals surface area contributed by atoms with Gasteiger partial charge in [0.25, 0.3) is 0 Å². The lowest BCUT2D eigenvalue weighted by atomic mass is 10.0. The zero-order valence-corrected chi connectivity index (χ0v) is 16.1. The lowest BCUT2D eigenvalue weighted by Crippen LogP contribution is -2.42. The number of halogens is 3. The minimum atomic E-state index is -0.615. The van der Waals surface area contributed by atoms with Gasteiger partial charge >= 0.3 is 6.09 Å². The molecule has 1 aromatic carbocycles. The lowest BCUT2D eigenvalue weighted by molar-refractivity contribution is 0.0190. The maximum atomic E-state index is 14.2. The van der Waals surface area contributed by atoms with Crippen LogP contribution in [0.5, 0.6) is 0 Å². The van der Waals surface area contributed by atoms with Crippen molar-refractivity contribution < 1.29 is 18.3 Å². The standard InChI is InChI=1S/C18H21BrF2N2O2/c1-18(2,3)25-17(24)22-7-4-11(5-8-22)23-9-6-12-14(23)10-13(20)15(19)16(12)21/h6,9-11H,4-5,7-8H2,1-3H3. The minimum Gasteiger partial charge on any atom is -0.444 e. The molecule has 0 N–H and O–H groups in total.